The number of carbonyl (C=O) groups is 1. The average molecular weight is 505 g/mol. The Bertz CT molecular complexity index is 1430. The van der Waals surface area contributed by atoms with Gasteiger partial charge in [0.05, 0.1) is 28.5 Å². The van der Waals surface area contributed by atoms with Crippen LogP contribution in [0, 0.1) is 6.92 Å². The fourth-order valence-electron chi connectivity index (χ4n) is 5.09. The molecule has 2 aliphatic rings. The van der Waals surface area contributed by atoms with E-state index in [1.54, 1.807) is 18.2 Å². The van der Waals surface area contributed by atoms with Crippen LogP contribution in [-0.4, -0.2) is 32.4 Å². The molecular formula is C28H28N2O5S. The molecule has 186 valence electrons. The van der Waals surface area contributed by atoms with Gasteiger partial charge in [-0.2, -0.15) is 0 Å². The van der Waals surface area contributed by atoms with Gasteiger partial charge >= 0.3 is 5.97 Å². The highest BCUT2D eigenvalue weighted by atomic mass is 32.1. The smallest absolute Gasteiger partial charge is 0.335 e. The van der Waals surface area contributed by atoms with Crippen LogP contribution in [0.25, 0.3) is 21.5 Å². The van der Waals surface area contributed by atoms with Crippen molar-refractivity contribution in [3.05, 3.63) is 69.9 Å². The second kappa shape index (κ2) is 9.10. The van der Waals surface area contributed by atoms with Crippen molar-refractivity contribution in [2.24, 2.45) is 0 Å². The first-order valence-electron chi connectivity index (χ1n) is 12.4. The summed E-state index contributed by atoms with van der Waals surface area (Å²) in [5.41, 5.74) is 4.08. The Kier molecular flexibility index (Phi) is 5.90. The highest BCUT2D eigenvalue weighted by molar-refractivity contribution is 7.18. The summed E-state index contributed by atoms with van der Waals surface area (Å²) in [6.45, 7) is 2.53. The standard InChI is InChI=1S/C28H28N2O5S/c1-16-4-2-3-5-20(16)24-21(25(35-30-24)17-6-7-17)15-34-19-10-12-28(33,13-11-19)27-29-22-9-8-18(26(31)32)14-23(22)36-27/h2-5,8-9,14,17,19,33H,6-7,10-13,15H2,1H3,(H,31,32)/t19-,28+. The lowest BCUT2D eigenvalue weighted by molar-refractivity contribution is -0.0640. The van der Waals surface area contributed by atoms with Gasteiger partial charge in [-0.3, -0.25) is 0 Å². The number of aromatic nitrogens is 2. The first-order chi connectivity index (χ1) is 17.4. The van der Waals surface area contributed by atoms with Crippen molar-refractivity contribution in [1.82, 2.24) is 10.1 Å². The lowest BCUT2D eigenvalue weighted by atomic mass is 9.83. The van der Waals surface area contributed by atoms with Crippen molar-refractivity contribution >= 4 is 27.5 Å². The van der Waals surface area contributed by atoms with E-state index in [1.165, 1.54) is 11.3 Å². The molecule has 2 saturated carbocycles. The third kappa shape index (κ3) is 4.34. The summed E-state index contributed by atoms with van der Waals surface area (Å²) in [6.07, 6.45) is 4.82. The molecular weight excluding hydrogens is 476 g/mol. The van der Waals surface area contributed by atoms with Gasteiger partial charge in [0.1, 0.15) is 22.1 Å². The number of fused-ring (bicyclic) bond motifs is 1. The number of ether oxygens (including phenoxy) is 1. The van der Waals surface area contributed by atoms with Gasteiger partial charge in [-0.25, -0.2) is 9.78 Å². The van der Waals surface area contributed by atoms with Gasteiger partial charge in [0.2, 0.25) is 0 Å². The molecule has 7 nitrogen and oxygen atoms in total. The first-order valence-corrected chi connectivity index (χ1v) is 13.3. The zero-order chi connectivity index (χ0) is 24.9. The molecule has 2 aromatic heterocycles. The van der Waals surface area contributed by atoms with Crippen LogP contribution in [0.15, 0.2) is 47.0 Å². The second-order valence-electron chi connectivity index (χ2n) is 10.0. The van der Waals surface area contributed by atoms with Gasteiger partial charge in [-0.1, -0.05) is 29.4 Å². The summed E-state index contributed by atoms with van der Waals surface area (Å²) >= 11 is 1.37. The largest absolute Gasteiger partial charge is 0.478 e. The van der Waals surface area contributed by atoms with Crippen LogP contribution in [0.1, 0.15) is 76.7 Å². The molecule has 4 aromatic rings. The summed E-state index contributed by atoms with van der Waals surface area (Å²) < 4.78 is 13.0. The molecule has 0 radical (unpaired) electrons. The van der Waals surface area contributed by atoms with E-state index in [-0.39, 0.29) is 11.7 Å². The highest BCUT2D eigenvalue weighted by Gasteiger charge is 2.39. The number of nitrogens with zero attached hydrogens (tertiary/aromatic N) is 2. The number of hydrogen-bond acceptors (Lipinski definition) is 7. The fraction of sp³-hybridized carbons (Fsp3) is 0.393. The number of aryl methyl sites for hydroxylation is 1. The van der Waals surface area contributed by atoms with Crippen molar-refractivity contribution in [2.75, 3.05) is 0 Å². The number of hydrogen-bond donors (Lipinski definition) is 2. The predicted octanol–water partition coefficient (Wildman–Crippen LogP) is 6.18. The number of rotatable bonds is 7. The normalized spacial score (nSPS) is 22.2. The van der Waals surface area contributed by atoms with Crippen LogP contribution in [0.4, 0.5) is 0 Å². The second-order valence-corrected chi connectivity index (χ2v) is 11.0. The topological polar surface area (TPSA) is 106 Å². The Morgan fingerprint density at radius 2 is 1.94 bits per heavy atom. The van der Waals surface area contributed by atoms with E-state index in [2.05, 4.69) is 29.2 Å². The van der Waals surface area contributed by atoms with Crippen molar-refractivity contribution in [1.29, 1.82) is 0 Å². The minimum absolute atomic E-state index is 0.0324. The number of benzene rings is 2. The third-order valence-corrected chi connectivity index (χ3v) is 8.64. The minimum Gasteiger partial charge on any atom is -0.478 e. The Hall–Kier alpha value is -3.07. The maximum Gasteiger partial charge on any atom is 0.335 e. The molecule has 2 heterocycles. The molecule has 0 aliphatic heterocycles. The zero-order valence-corrected chi connectivity index (χ0v) is 20.9. The van der Waals surface area contributed by atoms with E-state index in [4.69, 9.17) is 9.26 Å². The fourth-order valence-corrected chi connectivity index (χ4v) is 6.24. The molecule has 0 bridgehead atoms. The average Bonchev–Trinajstić information content (AvgIpc) is 3.48. The van der Waals surface area contributed by atoms with E-state index in [0.29, 0.717) is 30.4 Å². The Balaban J connectivity index is 1.15. The summed E-state index contributed by atoms with van der Waals surface area (Å²) in [4.78, 5) is 15.9. The molecule has 0 atom stereocenters. The molecule has 6 rings (SSSR count). The third-order valence-electron chi connectivity index (χ3n) is 7.42. The van der Waals surface area contributed by atoms with E-state index >= 15 is 0 Å². The van der Waals surface area contributed by atoms with Gasteiger partial charge in [-0.15, -0.1) is 11.3 Å². The molecule has 0 unspecified atom stereocenters. The van der Waals surface area contributed by atoms with Gasteiger partial charge in [0.25, 0.3) is 0 Å². The monoisotopic (exact) mass is 504 g/mol. The highest BCUT2D eigenvalue weighted by Crippen LogP contribution is 2.45. The van der Waals surface area contributed by atoms with Crippen LogP contribution in [0.2, 0.25) is 0 Å². The minimum atomic E-state index is -1.02. The van der Waals surface area contributed by atoms with Crippen LogP contribution < -0.4 is 0 Å². The Morgan fingerprint density at radius 1 is 1.17 bits per heavy atom. The Morgan fingerprint density at radius 3 is 2.67 bits per heavy atom. The van der Waals surface area contributed by atoms with Gasteiger partial charge in [0.15, 0.2) is 0 Å². The van der Waals surface area contributed by atoms with Crippen molar-refractivity contribution in [3.8, 4) is 11.3 Å². The van der Waals surface area contributed by atoms with Gasteiger partial charge in [-0.05, 0) is 69.2 Å². The molecule has 0 spiro atoms. The molecule has 8 heteroatoms. The zero-order valence-electron chi connectivity index (χ0n) is 20.1. The molecule has 2 fully saturated rings. The van der Waals surface area contributed by atoms with E-state index < -0.39 is 11.6 Å². The number of aliphatic hydroxyl groups is 1. The molecule has 2 N–H and O–H groups in total. The molecule has 2 aliphatic carbocycles. The summed E-state index contributed by atoms with van der Waals surface area (Å²) in [6, 6.07) is 13.1. The predicted molar refractivity (Wildman–Crippen MR) is 136 cm³/mol. The van der Waals surface area contributed by atoms with Crippen LogP contribution in [-0.2, 0) is 16.9 Å². The van der Waals surface area contributed by atoms with E-state index in [1.807, 2.05) is 12.1 Å². The Labute approximate surface area is 212 Å². The van der Waals surface area contributed by atoms with Gasteiger partial charge in [0, 0.05) is 17.0 Å². The van der Waals surface area contributed by atoms with E-state index in [0.717, 1.165) is 64.0 Å². The number of thiazole rings is 1. The number of aromatic carboxylic acids is 1. The maximum absolute atomic E-state index is 11.4. The van der Waals surface area contributed by atoms with Crippen LogP contribution >= 0.6 is 11.3 Å². The van der Waals surface area contributed by atoms with Crippen molar-refractivity contribution in [2.45, 2.75) is 69.7 Å². The molecule has 36 heavy (non-hydrogen) atoms. The number of carboxylic acid groups (broad SMARTS) is 1. The van der Waals surface area contributed by atoms with Crippen molar-refractivity contribution in [3.63, 3.8) is 0 Å². The van der Waals surface area contributed by atoms with Gasteiger partial charge < -0.3 is 19.5 Å². The van der Waals surface area contributed by atoms with Crippen molar-refractivity contribution < 1.29 is 24.3 Å². The maximum atomic E-state index is 11.4. The quantitative estimate of drug-likeness (QED) is 0.309. The first kappa shape index (κ1) is 23.3. The summed E-state index contributed by atoms with van der Waals surface area (Å²) in [5, 5.41) is 25.7. The van der Waals surface area contributed by atoms with Crippen LogP contribution in [0.5, 0.6) is 0 Å². The lowest BCUT2D eigenvalue weighted by Gasteiger charge is -2.34. The van der Waals surface area contributed by atoms with E-state index in [9.17, 15) is 15.0 Å². The SMILES string of the molecule is Cc1ccccc1-c1noc(C2CC2)c1CO[C@H]1CC[C@](O)(c2nc3ccc(C(=O)O)cc3s2)CC1. The lowest BCUT2D eigenvalue weighted by Crippen LogP contribution is -2.34. The molecule has 0 amide bonds. The van der Waals surface area contributed by atoms with Crippen LogP contribution in [0.3, 0.4) is 0 Å². The summed E-state index contributed by atoms with van der Waals surface area (Å²) in [7, 11) is 0. The molecule has 0 saturated heterocycles. The molecule has 2 aromatic carbocycles. The summed E-state index contributed by atoms with van der Waals surface area (Å²) in [5.74, 6) is 0.424. The number of carboxylic acids is 1.